The summed E-state index contributed by atoms with van der Waals surface area (Å²) in [6, 6.07) is 14.0. The SMILES string of the molecule is CCN(Cc1ccccn1)C(=O)C1Cc2ccccc2CN1.Cl.Cl. The molecular formula is C18H23Cl2N3O. The van der Waals surface area contributed by atoms with Gasteiger partial charge >= 0.3 is 0 Å². The molecule has 2 heterocycles. The molecule has 4 nitrogen and oxygen atoms in total. The minimum atomic E-state index is -0.140. The van der Waals surface area contributed by atoms with Crippen molar-refractivity contribution in [2.24, 2.45) is 0 Å². The van der Waals surface area contributed by atoms with Gasteiger partial charge in [0.25, 0.3) is 0 Å². The van der Waals surface area contributed by atoms with Crippen LogP contribution in [0.5, 0.6) is 0 Å². The van der Waals surface area contributed by atoms with Crippen LogP contribution < -0.4 is 5.32 Å². The van der Waals surface area contributed by atoms with Gasteiger partial charge in [-0.3, -0.25) is 9.78 Å². The molecule has 0 saturated heterocycles. The second-order valence-electron chi connectivity index (χ2n) is 5.58. The molecule has 1 aromatic carbocycles. The van der Waals surface area contributed by atoms with Crippen LogP contribution in [0.4, 0.5) is 0 Å². The first kappa shape index (κ1) is 20.4. The van der Waals surface area contributed by atoms with Crippen LogP contribution in [-0.2, 0) is 24.3 Å². The molecule has 0 saturated carbocycles. The molecule has 1 unspecified atom stereocenters. The molecule has 1 N–H and O–H groups in total. The summed E-state index contributed by atoms with van der Waals surface area (Å²) >= 11 is 0. The van der Waals surface area contributed by atoms with Crippen molar-refractivity contribution in [1.29, 1.82) is 0 Å². The fraction of sp³-hybridized carbons (Fsp3) is 0.333. The van der Waals surface area contributed by atoms with Gasteiger partial charge in [0.2, 0.25) is 5.91 Å². The normalized spacial score (nSPS) is 15.5. The highest BCUT2D eigenvalue weighted by Crippen LogP contribution is 2.18. The predicted molar refractivity (Wildman–Crippen MR) is 101 cm³/mol. The molecule has 130 valence electrons. The number of rotatable bonds is 4. The van der Waals surface area contributed by atoms with E-state index in [0.717, 1.165) is 18.7 Å². The summed E-state index contributed by atoms with van der Waals surface area (Å²) < 4.78 is 0. The van der Waals surface area contributed by atoms with Crippen molar-refractivity contribution in [3.8, 4) is 0 Å². The summed E-state index contributed by atoms with van der Waals surface area (Å²) in [5.41, 5.74) is 3.49. The Kier molecular flexibility index (Phi) is 8.19. The summed E-state index contributed by atoms with van der Waals surface area (Å²) in [6.07, 6.45) is 2.52. The van der Waals surface area contributed by atoms with Gasteiger partial charge in [0.05, 0.1) is 18.3 Å². The number of carbonyl (C=O) groups is 1. The number of pyridine rings is 1. The van der Waals surface area contributed by atoms with Gasteiger partial charge in [0.1, 0.15) is 0 Å². The molecule has 0 spiro atoms. The van der Waals surface area contributed by atoms with E-state index in [9.17, 15) is 4.79 Å². The van der Waals surface area contributed by atoms with Crippen molar-refractivity contribution in [3.63, 3.8) is 0 Å². The van der Waals surface area contributed by atoms with Crippen LogP contribution in [0.25, 0.3) is 0 Å². The minimum Gasteiger partial charge on any atom is -0.336 e. The van der Waals surface area contributed by atoms with Crippen molar-refractivity contribution in [1.82, 2.24) is 15.2 Å². The number of hydrogen-bond donors (Lipinski definition) is 1. The smallest absolute Gasteiger partial charge is 0.240 e. The first-order valence-electron chi connectivity index (χ1n) is 7.76. The Morgan fingerprint density at radius 3 is 2.54 bits per heavy atom. The van der Waals surface area contributed by atoms with E-state index >= 15 is 0 Å². The third kappa shape index (κ3) is 4.69. The largest absolute Gasteiger partial charge is 0.336 e. The predicted octanol–water partition coefficient (Wildman–Crippen LogP) is 2.99. The average Bonchev–Trinajstić information content (AvgIpc) is 2.59. The number of halogens is 2. The zero-order valence-electron chi connectivity index (χ0n) is 13.6. The molecule has 0 fully saturated rings. The zero-order chi connectivity index (χ0) is 15.4. The maximum Gasteiger partial charge on any atom is 0.240 e. The molecule has 2 aromatic rings. The molecule has 1 aliphatic rings. The molecular weight excluding hydrogens is 345 g/mol. The van der Waals surface area contributed by atoms with E-state index in [1.54, 1.807) is 6.20 Å². The van der Waals surface area contributed by atoms with E-state index in [0.29, 0.717) is 13.1 Å². The summed E-state index contributed by atoms with van der Waals surface area (Å²) in [4.78, 5) is 19.0. The van der Waals surface area contributed by atoms with E-state index in [2.05, 4.69) is 22.4 Å². The first-order valence-corrected chi connectivity index (χ1v) is 7.76. The van der Waals surface area contributed by atoms with Crippen LogP contribution in [0, 0.1) is 0 Å². The maximum absolute atomic E-state index is 12.8. The van der Waals surface area contributed by atoms with Crippen LogP contribution in [-0.4, -0.2) is 28.4 Å². The van der Waals surface area contributed by atoms with Gasteiger partial charge in [-0.25, -0.2) is 0 Å². The van der Waals surface area contributed by atoms with Crippen molar-refractivity contribution >= 4 is 30.7 Å². The summed E-state index contributed by atoms with van der Waals surface area (Å²) in [7, 11) is 0. The van der Waals surface area contributed by atoms with Crippen LogP contribution in [0.2, 0.25) is 0 Å². The summed E-state index contributed by atoms with van der Waals surface area (Å²) in [6.45, 7) is 4.02. The third-order valence-electron chi connectivity index (χ3n) is 4.15. The maximum atomic E-state index is 12.8. The molecule has 0 aliphatic carbocycles. The standard InChI is InChI=1S/C18H21N3O.2ClH/c1-2-21(13-16-9-5-6-10-19-16)18(22)17-11-14-7-3-4-8-15(14)12-20-17;;/h3-10,17,20H,2,11-13H2,1H3;2*1H. The molecule has 0 bridgehead atoms. The van der Waals surface area contributed by atoms with Gasteiger partial charge in [-0.05, 0) is 36.6 Å². The molecule has 1 atom stereocenters. The van der Waals surface area contributed by atoms with Crippen molar-refractivity contribution in [2.45, 2.75) is 32.5 Å². The number of amides is 1. The van der Waals surface area contributed by atoms with Crippen molar-refractivity contribution < 1.29 is 4.79 Å². The third-order valence-corrected chi connectivity index (χ3v) is 4.15. The average molecular weight is 368 g/mol. The van der Waals surface area contributed by atoms with Crippen LogP contribution in [0.15, 0.2) is 48.7 Å². The minimum absolute atomic E-state index is 0. The van der Waals surface area contributed by atoms with Crippen molar-refractivity contribution in [2.75, 3.05) is 6.54 Å². The fourth-order valence-corrected chi connectivity index (χ4v) is 2.88. The lowest BCUT2D eigenvalue weighted by molar-refractivity contribution is -0.134. The number of carbonyl (C=O) groups excluding carboxylic acids is 1. The molecule has 3 rings (SSSR count). The van der Waals surface area contributed by atoms with E-state index in [4.69, 9.17) is 0 Å². The molecule has 1 aliphatic heterocycles. The molecule has 24 heavy (non-hydrogen) atoms. The molecule has 6 heteroatoms. The van der Waals surface area contributed by atoms with Gasteiger partial charge in [0.15, 0.2) is 0 Å². The summed E-state index contributed by atoms with van der Waals surface area (Å²) in [5, 5.41) is 3.36. The molecule has 0 radical (unpaired) electrons. The highest BCUT2D eigenvalue weighted by Gasteiger charge is 2.27. The highest BCUT2D eigenvalue weighted by atomic mass is 35.5. The first-order chi connectivity index (χ1) is 10.8. The second kappa shape index (κ2) is 9.62. The quantitative estimate of drug-likeness (QED) is 0.903. The zero-order valence-corrected chi connectivity index (χ0v) is 15.3. The second-order valence-corrected chi connectivity index (χ2v) is 5.58. The Balaban J connectivity index is 0.00000144. The number of nitrogens with one attached hydrogen (secondary N) is 1. The Morgan fingerprint density at radius 2 is 1.88 bits per heavy atom. The van der Waals surface area contributed by atoms with Crippen LogP contribution >= 0.6 is 24.8 Å². The van der Waals surface area contributed by atoms with Crippen LogP contribution in [0.1, 0.15) is 23.7 Å². The van der Waals surface area contributed by atoms with Gasteiger partial charge in [0, 0.05) is 19.3 Å². The monoisotopic (exact) mass is 367 g/mol. The number of hydrogen-bond acceptors (Lipinski definition) is 3. The lowest BCUT2D eigenvalue weighted by atomic mass is 9.95. The van der Waals surface area contributed by atoms with E-state index in [1.807, 2.05) is 42.2 Å². The van der Waals surface area contributed by atoms with E-state index in [-0.39, 0.29) is 36.8 Å². The topological polar surface area (TPSA) is 45.2 Å². The number of fused-ring (bicyclic) bond motifs is 1. The summed E-state index contributed by atoms with van der Waals surface area (Å²) in [5.74, 6) is 0.155. The Morgan fingerprint density at radius 1 is 1.17 bits per heavy atom. The number of likely N-dealkylation sites (N-methyl/N-ethyl adjacent to an activating group) is 1. The lowest BCUT2D eigenvalue weighted by Crippen LogP contribution is -2.49. The van der Waals surface area contributed by atoms with Gasteiger partial charge in [-0.15, -0.1) is 24.8 Å². The molecule has 1 amide bonds. The number of benzene rings is 1. The lowest BCUT2D eigenvalue weighted by Gasteiger charge is -2.30. The Labute approximate surface area is 155 Å². The molecule has 1 aromatic heterocycles. The Bertz CT molecular complexity index is 648. The van der Waals surface area contributed by atoms with Gasteiger partial charge in [-0.1, -0.05) is 30.3 Å². The van der Waals surface area contributed by atoms with E-state index in [1.165, 1.54) is 11.1 Å². The number of aromatic nitrogens is 1. The van der Waals surface area contributed by atoms with Crippen LogP contribution in [0.3, 0.4) is 0 Å². The van der Waals surface area contributed by atoms with Gasteiger partial charge in [-0.2, -0.15) is 0 Å². The number of nitrogens with zero attached hydrogens (tertiary/aromatic N) is 2. The highest BCUT2D eigenvalue weighted by molar-refractivity contribution is 5.85. The van der Waals surface area contributed by atoms with Crippen molar-refractivity contribution in [3.05, 3.63) is 65.5 Å². The Hall–Kier alpha value is -1.62. The van der Waals surface area contributed by atoms with Gasteiger partial charge < -0.3 is 10.2 Å². The fourth-order valence-electron chi connectivity index (χ4n) is 2.88. The van der Waals surface area contributed by atoms with E-state index < -0.39 is 0 Å².